The maximum atomic E-state index is 11.8. The molecule has 0 fully saturated rings. The number of ether oxygens (including phenoxy) is 1. The van der Waals surface area contributed by atoms with Crippen molar-refractivity contribution in [1.82, 2.24) is 0 Å². The van der Waals surface area contributed by atoms with Gasteiger partial charge in [0.05, 0.1) is 17.2 Å². The molecule has 0 heterocycles. The Morgan fingerprint density at radius 2 is 1.89 bits per heavy atom. The van der Waals surface area contributed by atoms with E-state index >= 15 is 0 Å². The minimum absolute atomic E-state index is 0.599. The van der Waals surface area contributed by atoms with Crippen LogP contribution in [0.5, 0.6) is 5.75 Å². The van der Waals surface area contributed by atoms with Crippen LogP contribution in [0.1, 0.15) is 30.4 Å². The van der Waals surface area contributed by atoms with Crippen molar-refractivity contribution in [3.63, 3.8) is 0 Å². The molecule has 0 bridgehead atoms. The highest BCUT2D eigenvalue weighted by Gasteiger charge is 2.39. The minimum atomic E-state index is -3.25. The van der Waals surface area contributed by atoms with E-state index in [1.165, 1.54) is 6.26 Å². The first-order chi connectivity index (χ1) is 8.11. The van der Waals surface area contributed by atoms with Gasteiger partial charge in [-0.15, -0.1) is 11.6 Å². The molecule has 0 aliphatic heterocycles. The molecule has 3 nitrogen and oxygen atoms in total. The Hall–Kier alpha value is -0.740. The van der Waals surface area contributed by atoms with Gasteiger partial charge in [-0.25, -0.2) is 8.42 Å². The van der Waals surface area contributed by atoms with Gasteiger partial charge in [0.15, 0.2) is 9.84 Å². The number of rotatable bonds is 4. The highest BCUT2D eigenvalue weighted by Crippen LogP contribution is 2.39. The third kappa shape index (κ3) is 2.81. The Morgan fingerprint density at radius 1 is 1.33 bits per heavy atom. The summed E-state index contributed by atoms with van der Waals surface area (Å²) in [7, 11) is -1.66. The molecule has 1 atom stereocenters. The van der Waals surface area contributed by atoms with Crippen LogP contribution in [0, 0.1) is 6.92 Å². The molecule has 0 saturated carbocycles. The van der Waals surface area contributed by atoms with E-state index < -0.39 is 20.0 Å². The van der Waals surface area contributed by atoms with E-state index in [1.807, 2.05) is 19.1 Å². The zero-order valence-electron chi connectivity index (χ0n) is 11.3. The molecular weight excluding hydrogens is 272 g/mol. The topological polar surface area (TPSA) is 43.4 Å². The highest BCUT2D eigenvalue weighted by molar-refractivity contribution is 7.92. The Bertz CT molecular complexity index is 535. The summed E-state index contributed by atoms with van der Waals surface area (Å²) in [4.78, 5) is 0. The number of benzene rings is 1. The van der Waals surface area contributed by atoms with Crippen LogP contribution < -0.4 is 4.74 Å². The summed E-state index contributed by atoms with van der Waals surface area (Å²) in [6.45, 7) is 5.18. The van der Waals surface area contributed by atoms with Crippen molar-refractivity contribution in [2.24, 2.45) is 0 Å². The highest BCUT2D eigenvalue weighted by atomic mass is 35.5. The first kappa shape index (κ1) is 15.3. The van der Waals surface area contributed by atoms with Crippen LogP contribution in [0.2, 0.25) is 0 Å². The largest absolute Gasteiger partial charge is 0.497 e. The van der Waals surface area contributed by atoms with Crippen LogP contribution >= 0.6 is 11.6 Å². The second kappa shape index (κ2) is 5.10. The molecule has 0 saturated heterocycles. The molecule has 1 rings (SSSR count). The van der Waals surface area contributed by atoms with Crippen molar-refractivity contribution in [1.29, 1.82) is 0 Å². The molecule has 0 spiro atoms. The molecule has 0 aliphatic carbocycles. The van der Waals surface area contributed by atoms with E-state index in [-0.39, 0.29) is 0 Å². The third-order valence-corrected chi connectivity index (χ3v) is 6.37. The van der Waals surface area contributed by atoms with E-state index in [9.17, 15) is 8.42 Å². The molecule has 0 aromatic heterocycles. The van der Waals surface area contributed by atoms with Gasteiger partial charge < -0.3 is 4.74 Å². The fourth-order valence-electron chi connectivity index (χ4n) is 1.62. The lowest BCUT2D eigenvalue weighted by Gasteiger charge is -2.29. The van der Waals surface area contributed by atoms with Crippen LogP contribution in [0.25, 0.3) is 0 Å². The Labute approximate surface area is 114 Å². The van der Waals surface area contributed by atoms with Gasteiger partial charge in [-0.2, -0.15) is 0 Å². The van der Waals surface area contributed by atoms with Crippen LogP contribution in [0.3, 0.4) is 0 Å². The van der Waals surface area contributed by atoms with Gasteiger partial charge in [0.1, 0.15) is 5.75 Å². The normalized spacial score (nSPS) is 14.3. The van der Waals surface area contributed by atoms with Crippen molar-refractivity contribution < 1.29 is 13.2 Å². The smallest absolute Gasteiger partial charge is 0.154 e. The third-order valence-electron chi connectivity index (χ3n) is 3.32. The fraction of sp³-hybridized carbons (Fsp3) is 0.538. The number of hydrogen-bond acceptors (Lipinski definition) is 3. The SMILES string of the molecule is COc1ccc(C(Cl)C(C)(C)S(C)(=O)=O)c(C)c1. The monoisotopic (exact) mass is 290 g/mol. The molecule has 18 heavy (non-hydrogen) atoms. The van der Waals surface area contributed by atoms with Crippen molar-refractivity contribution in [2.45, 2.75) is 30.9 Å². The van der Waals surface area contributed by atoms with Crippen LogP contribution in [-0.2, 0) is 9.84 Å². The van der Waals surface area contributed by atoms with Crippen LogP contribution in [0.15, 0.2) is 18.2 Å². The van der Waals surface area contributed by atoms with Crippen molar-refractivity contribution in [2.75, 3.05) is 13.4 Å². The Kier molecular flexibility index (Phi) is 4.34. The first-order valence-corrected chi connectivity index (χ1v) is 7.92. The molecule has 0 amide bonds. The van der Waals surface area contributed by atoms with Gasteiger partial charge >= 0.3 is 0 Å². The number of alkyl halides is 1. The second-order valence-corrected chi connectivity index (χ2v) is 7.99. The van der Waals surface area contributed by atoms with Gasteiger partial charge in [-0.05, 0) is 44.0 Å². The molecular formula is C13H19ClO3S. The van der Waals surface area contributed by atoms with Gasteiger partial charge in [-0.1, -0.05) is 6.07 Å². The van der Waals surface area contributed by atoms with Gasteiger partial charge in [0.2, 0.25) is 0 Å². The summed E-state index contributed by atoms with van der Waals surface area (Å²) in [5, 5.41) is -0.599. The standard InChI is InChI=1S/C13H19ClO3S/c1-9-8-10(17-4)6-7-11(9)12(14)13(2,3)18(5,15)16/h6-8,12H,1-5H3. The average molecular weight is 291 g/mol. The average Bonchev–Trinajstić information content (AvgIpc) is 2.26. The summed E-state index contributed by atoms with van der Waals surface area (Å²) in [5.41, 5.74) is 1.74. The zero-order valence-corrected chi connectivity index (χ0v) is 12.9. The van der Waals surface area contributed by atoms with Crippen molar-refractivity contribution in [3.8, 4) is 5.75 Å². The summed E-state index contributed by atoms with van der Waals surface area (Å²) < 4.78 is 27.7. The van der Waals surface area contributed by atoms with Crippen molar-refractivity contribution >= 4 is 21.4 Å². The lowest BCUT2D eigenvalue weighted by molar-refractivity contribution is 0.414. The number of halogens is 1. The Morgan fingerprint density at radius 3 is 2.28 bits per heavy atom. The van der Waals surface area contributed by atoms with E-state index in [4.69, 9.17) is 16.3 Å². The number of hydrogen-bond donors (Lipinski definition) is 0. The first-order valence-electron chi connectivity index (χ1n) is 5.59. The fourth-order valence-corrected chi connectivity index (χ4v) is 2.86. The molecule has 0 aliphatic rings. The maximum absolute atomic E-state index is 11.8. The molecule has 0 radical (unpaired) electrons. The predicted molar refractivity (Wildman–Crippen MR) is 75.2 cm³/mol. The van der Waals surface area contributed by atoms with Gasteiger partial charge in [0.25, 0.3) is 0 Å². The zero-order chi connectivity index (χ0) is 14.1. The molecule has 5 heteroatoms. The molecule has 1 aromatic carbocycles. The summed E-state index contributed by atoms with van der Waals surface area (Å²) >= 11 is 6.36. The number of sulfone groups is 1. The quantitative estimate of drug-likeness (QED) is 0.800. The van der Waals surface area contributed by atoms with Gasteiger partial charge in [0, 0.05) is 6.26 Å². The summed E-state index contributed by atoms with van der Waals surface area (Å²) in [5.74, 6) is 0.734. The van der Waals surface area contributed by atoms with E-state index in [0.717, 1.165) is 16.9 Å². The molecule has 0 N–H and O–H groups in total. The lowest BCUT2D eigenvalue weighted by atomic mass is 9.97. The number of methoxy groups -OCH3 is 1. The van der Waals surface area contributed by atoms with Crippen LogP contribution in [-0.4, -0.2) is 26.5 Å². The summed E-state index contributed by atoms with van der Waals surface area (Å²) in [6.07, 6.45) is 1.21. The lowest BCUT2D eigenvalue weighted by Crippen LogP contribution is -2.35. The van der Waals surface area contributed by atoms with Crippen molar-refractivity contribution in [3.05, 3.63) is 29.3 Å². The van der Waals surface area contributed by atoms with Gasteiger partial charge in [-0.3, -0.25) is 0 Å². The van der Waals surface area contributed by atoms with E-state index in [0.29, 0.717) is 0 Å². The molecule has 1 unspecified atom stereocenters. The van der Waals surface area contributed by atoms with Crippen LogP contribution in [0.4, 0.5) is 0 Å². The van der Waals surface area contributed by atoms with E-state index in [1.54, 1.807) is 27.0 Å². The molecule has 1 aromatic rings. The second-order valence-electron chi connectivity index (χ2n) is 4.96. The Balaban J connectivity index is 3.24. The van der Waals surface area contributed by atoms with E-state index in [2.05, 4.69) is 0 Å². The predicted octanol–water partition coefficient (Wildman–Crippen LogP) is 3.11. The number of aryl methyl sites for hydroxylation is 1. The summed E-state index contributed by atoms with van der Waals surface area (Å²) in [6, 6.07) is 5.46. The maximum Gasteiger partial charge on any atom is 0.154 e. The molecule has 102 valence electrons. The minimum Gasteiger partial charge on any atom is -0.497 e.